The average Bonchev–Trinajstić information content (AvgIpc) is 2.56. The zero-order valence-electron chi connectivity index (χ0n) is 9.31. The molecule has 4 heteroatoms. The van der Waals surface area contributed by atoms with Crippen LogP contribution in [0.1, 0.15) is 24.8 Å². The molecular formula is C12H15NO2S. The van der Waals surface area contributed by atoms with Crippen LogP contribution in [0, 0.1) is 0 Å². The Morgan fingerprint density at radius 2 is 2.00 bits per heavy atom. The SMILES string of the molecule is CC1(C)S[C@H](c2ccccc2)N[C@H]1C(=O)O. The summed E-state index contributed by atoms with van der Waals surface area (Å²) in [6.07, 6.45) is 0. The first kappa shape index (κ1) is 11.5. The number of rotatable bonds is 2. The third kappa shape index (κ3) is 2.08. The van der Waals surface area contributed by atoms with Gasteiger partial charge in [-0.1, -0.05) is 30.3 Å². The van der Waals surface area contributed by atoms with Gasteiger partial charge in [0.25, 0.3) is 0 Å². The van der Waals surface area contributed by atoms with Gasteiger partial charge in [-0.15, -0.1) is 11.8 Å². The molecule has 1 saturated heterocycles. The van der Waals surface area contributed by atoms with Gasteiger partial charge >= 0.3 is 5.97 Å². The lowest BCUT2D eigenvalue weighted by Gasteiger charge is -2.20. The van der Waals surface area contributed by atoms with E-state index in [2.05, 4.69) is 5.32 Å². The number of hydrogen-bond donors (Lipinski definition) is 2. The summed E-state index contributed by atoms with van der Waals surface area (Å²) >= 11 is 1.67. The van der Waals surface area contributed by atoms with Gasteiger partial charge in [0.1, 0.15) is 6.04 Å². The number of aliphatic carboxylic acids is 1. The molecule has 1 aromatic carbocycles. The van der Waals surface area contributed by atoms with E-state index in [1.807, 2.05) is 44.2 Å². The van der Waals surface area contributed by atoms with Crippen LogP contribution < -0.4 is 5.32 Å². The summed E-state index contributed by atoms with van der Waals surface area (Å²) < 4.78 is -0.285. The van der Waals surface area contributed by atoms with Gasteiger partial charge in [0, 0.05) is 4.75 Å². The summed E-state index contributed by atoms with van der Waals surface area (Å²) in [5.41, 5.74) is 1.13. The molecule has 2 rings (SSSR count). The van der Waals surface area contributed by atoms with E-state index in [4.69, 9.17) is 5.11 Å². The lowest BCUT2D eigenvalue weighted by Crippen LogP contribution is -2.43. The molecule has 0 unspecified atom stereocenters. The number of carboxylic acids is 1. The monoisotopic (exact) mass is 237 g/mol. The highest BCUT2D eigenvalue weighted by atomic mass is 32.2. The number of nitrogens with one attached hydrogen (secondary N) is 1. The van der Waals surface area contributed by atoms with Gasteiger partial charge in [0.2, 0.25) is 0 Å². The topological polar surface area (TPSA) is 49.3 Å². The zero-order valence-corrected chi connectivity index (χ0v) is 10.1. The van der Waals surface area contributed by atoms with Crippen molar-refractivity contribution in [2.24, 2.45) is 0 Å². The van der Waals surface area contributed by atoms with Crippen LogP contribution in [0.2, 0.25) is 0 Å². The van der Waals surface area contributed by atoms with Crippen molar-refractivity contribution in [1.29, 1.82) is 0 Å². The van der Waals surface area contributed by atoms with Gasteiger partial charge in [0.15, 0.2) is 0 Å². The molecule has 0 saturated carbocycles. The van der Waals surface area contributed by atoms with Crippen molar-refractivity contribution in [3.05, 3.63) is 35.9 Å². The molecule has 0 aromatic heterocycles. The number of carboxylic acid groups (broad SMARTS) is 1. The Balaban J connectivity index is 2.21. The smallest absolute Gasteiger partial charge is 0.322 e. The van der Waals surface area contributed by atoms with E-state index in [-0.39, 0.29) is 10.1 Å². The van der Waals surface area contributed by atoms with Gasteiger partial charge in [-0.2, -0.15) is 0 Å². The summed E-state index contributed by atoms with van der Waals surface area (Å²) in [7, 11) is 0. The number of hydrogen-bond acceptors (Lipinski definition) is 3. The number of benzene rings is 1. The van der Waals surface area contributed by atoms with Crippen molar-refractivity contribution in [1.82, 2.24) is 5.32 Å². The Kier molecular flexibility index (Phi) is 2.95. The Morgan fingerprint density at radius 3 is 2.50 bits per heavy atom. The zero-order chi connectivity index (χ0) is 11.8. The molecule has 0 spiro atoms. The lowest BCUT2D eigenvalue weighted by molar-refractivity contribution is -0.139. The summed E-state index contributed by atoms with van der Waals surface area (Å²) in [5.74, 6) is -0.782. The fourth-order valence-electron chi connectivity index (χ4n) is 1.92. The molecule has 0 amide bonds. The van der Waals surface area contributed by atoms with Crippen molar-refractivity contribution < 1.29 is 9.90 Å². The standard InChI is InChI=1S/C12H15NO2S/c1-12(2)9(11(14)15)13-10(16-12)8-6-4-3-5-7-8/h3-7,9-10,13H,1-2H3,(H,14,15)/t9-,10+/m0/s1. The van der Waals surface area contributed by atoms with Gasteiger partial charge in [0.05, 0.1) is 5.37 Å². The van der Waals surface area contributed by atoms with Crippen molar-refractivity contribution in [2.45, 2.75) is 30.0 Å². The maximum absolute atomic E-state index is 11.1. The minimum Gasteiger partial charge on any atom is -0.480 e. The Labute approximate surface area is 99.2 Å². The summed E-state index contributed by atoms with van der Waals surface area (Å²) in [6, 6.07) is 9.44. The summed E-state index contributed by atoms with van der Waals surface area (Å²) in [4.78, 5) is 11.1. The molecule has 1 aliphatic heterocycles. The van der Waals surface area contributed by atoms with E-state index in [0.29, 0.717) is 0 Å². The van der Waals surface area contributed by atoms with E-state index < -0.39 is 12.0 Å². The molecule has 0 aliphatic carbocycles. The minimum atomic E-state index is -0.782. The molecule has 86 valence electrons. The molecule has 16 heavy (non-hydrogen) atoms. The molecule has 0 bridgehead atoms. The Hall–Kier alpha value is -1.00. The second kappa shape index (κ2) is 4.11. The molecule has 1 fully saturated rings. The molecule has 1 aromatic rings. The van der Waals surface area contributed by atoms with Gasteiger partial charge in [-0.05, 0) is 19.4 Å². The van der Waals surface area contributed by atoms with E-state index in [1.165, 1.54) is 0 Å². The maximum Gasteiger partial charge on any atom is 0.322 e. The Morgan fingerprint density at radius 1 is 1.38 bits per heavy atom. The highest BCUT2D eigenvalue weighted by molar-refractivity contribution is 8.01. The molecular weight excluding hydrogens is 222 g/mol. The molecule has 2 atom stereocenters. The quantitative estimate of drug-likeness (QED) is 0.828. The maximum atomic E-state index is 11.1. The molecule has 0 radical (unpaired) electrons. The molecule has 1 heterocycles. The van der Waals surface area contributed by atoms with Crippen LogP contribution in [0.4, 0.5) is 0 Å². The largest absolute Gasteiger partial charge is 0.480 e. The highest BCUT2D eigenvalue weighted by Gasteiger charge is 2.45. The predicted molar refractivity (Wildman–Crippen MR) is 65.4 cm³/mol. The van der Waals surface area contributed by atoms with Gasteiger partial charge < -0.3 is 5.11 Å². The van der Waals surface area contributed by atoms with E-state index in [1.54, 1.807) is 11.8 Å². The lowest BCUT2D eigenvalue weighted by atomic mass is 10.0. The Bertz CT molecular complexity index is 391. The van der Waals surface area contributed by atoms with Crippen LogP contribution in [0.5, 0.6) is 0 Å². The minimum absolute atomic E-state index is 0.0669. The van der Waals surface area contributed by atoms with E-state index >= 15 is 0 Å². The van der Waals surface area contributed by atoms with Gasteiger partial charge in [-0.25, -0.2) is 0 Å². The normalized spacial score (nSPS) is 27.9. The van der Waals surface area contributed by atoms with Crippen molar-refractivity contribution in [3.63, 3.8) is 0 Å². The van der Waals surface area contributed by atoms with Crippen LogP contribution in [0.15, 0.2) is 30.3 Å². The molecule has 1 aliphatic rings. The van der Waals surface area contributed by atoms with Crippen LogP contribution >= 0.6 is 11.8 Å². The first-order chi connectivity index (χ1) is 7.50. The highest BCUT2D eigenvalue weighted by Crippen LogP contribution is 2.45. The van der Waals surface area contributed by atoms with Crippen LogP contribution in [-0.4, -0.2) is 21.9 Å². The van der Waals surface area contributed by atoms with E-state index in [0.717, 1.165) is 5.56 Å². The fourth-order valence-corrected chi connectivity index (χ4v) is 3.33. The second-order valence-electron chi connectivity index (χ2n) is 4.45. The third-order valence-electron chi connectivity index (χ3n) is 2.78. The first-order valence-electron chi connectivity index (χ1n) is 5.22. The summed E-state index contributed by atoms with van der Waals surface area (Å²) in [6.45, 7) is 3.93. The number of thioether (sulfide) groups is 1. The van der Waals surface area contributed by atoms with E-state index in [9.17, 15) is 4.79 Å². The predicted octanol–water partition coefficient (Wildman–Crippen LogP) is 2.25. The van der Waals surface area contributed by atoms with Crippen LogP contribution in [0.25, 0.3) is 0 Å². The fraction of sp³-hybridized carbons (Fsp3) is 0.417. The van der Waals surface area contributed by atoms with Crippen molar-refractivity contribution in [2.75, 3.05) is 0 Å². The van der Waals surface area contributed by atoms with Crippen molar-refractivity contribution >= 4 is 17.7 Å². The molecule has 3 nitrogen and oxygen atoms in total. The number of carbonyl (C=O) groups is 1. The first-order valence-corrected chi connectivity index (χ1v) is 6.10. The van der Waals surface area contributed by atoms with Gasteiger partial charge in [-0.3, -0.25) is 10.1 Å². The van der Waals surface area contributed by atoms with Crippen LogP contribution in [0.3, 0.4) is 0 Å². The average molecular weight is 237 g/mol. The van der Waals surface area contributed by atoms with Crippen molar-refractivity contribution in [3.8, 4) is 0 Å². The summed E-state index contributed by atoms with van der Waals surface area (Å²) in [5, 5.41) is 12.4. The third-order valence-corrected chi connectivity index (χ3v) is 4.27. The molecule has 2 N–H and O–H groups in total. The second-order valence-corrected chi connectivity index (χ2v) is 6.21. The van der Waals surface area contributed by atoms with Crippen LogP contribution in [-0.2, 0) is 4.79 Å².